The van der Waals surface area contributed by atoms with Gasteiger partial charge < -0.3 is 9.64 Å². The Morgan fingerprint density at radius 2 is 2.53 bits per heavy atom. The third kappa shape index (κ3) is 2.09. The first-order valence-electron chi connectivity index (χ1n) is 6.07. The van der Waals surface area contributed by atoms with E-state index in [1.165, 1.54) is 11.3 Å². The number of rotatable bonds is 1. The second-order valence-electron chi connectivity index (χ2n) is 4.89. The van der Waals surface area contributed by atoms with Gasteiger partial charge >= 0.3 is 0 Å². The zero-order valence-electron chi connectivity index (χ0n) is 9.83. The van der Waals surface area contributed by atoms with Gasteiger partial charge in [0, 0.05) is 24.4 Å². The van der Waals surface area contributed by atoms with E-state index in [9.17, 15) is 4.79 Å². The van der Waals surface area contributed by atoms with Crippen LogP contribution in [0.1, 0.15) is 30.3 Å². The maximum Gasteiger partial charge on any atom is 0.273 e. The number of piperidine rings is 1. The van der Waals surface area contributed by atoms with E-state index in [1.54, 1.807) is 5.51 Å². The Morgan fingerprint density at radius 3 is 3.29 bits per heavy atom. The summed E-state index contributed by atoms with van der Waals surface area (Å²) < 4.78 is 5.83. The number of aromatic nitrogens is 1. The first-order chi connectivity index (χ1) is 8.24. The monoisotopic (exact) mass is 252 g/mol. The molecule has 0 radical (unpaired) electrons. The van der Waals surface area contributed by atoms with Crippen LogP contribution in [-0.4, -0.2) is 41.1 Å². The van der Waals surface area contributed by atoms with E-state index in [2.05, 4.69) is 11.9 Å². The largest absolute Gasteiger partial charge is 0.375 e. The summed E-state index contributed by atoms with van der Waals surface area (Å²) in [6.45, 7) is 3.74. The van der Waals surface area contributed by atoms with Gasteiger partial charge in [-0.05, 0) is 19.8 Å². The normalized spacial score (nSPS) is 32.5. The molecule has 2 aliphatic rings. The molecule has 0 N–H and O–H groups in total. The van der Waals surface area contributed by atoms with Gasteiger partial charge in [-0.3, -0.25) is 4.79 Å². The highest BCUT2D eigenvalue weighted by molar-refractivity contribution is 7.07. The van der Waals surface area contributed by atoms with Gasteiger partial charge in [0.2, 0.25) is 0 Å². The van der Waals surface area contributed by atoms with Crippen LogP contribution in [0, 0.1) is 5.92 Å². The number of carbonyl (C=O) groups excluding carboxylic acids is 1. The van der Waals surface area contributed by atoms with Crippen LogP contribution in [0.3, 0.4) is 0 Å². The van der Waals surface area contributed by atoms with Crippen molar-refractivity contribution < 1.29 is 9.53 Å². The summed E-state index contributed by atoms with van der Waals surface area (Å²) in [6.07, 6.45) is 2.75. The number of thiazole rings is 1. The minimum atomic E-state index is 0.0734. The van der Waals surface area contributed by atoms with Crippen LogP contribution in [0.25, 0.3) is 0 Å². The van der Waals surface area contributed by atoms with E-state index >= 15 is 0 Å². The van der Waals surface area contributed by atoms with Gasteiger partial charge in [-0.2, -0.15) is 0 Å². The molecule has 0 aliphatic carbocycles. The summed E-state index contributed by atoms with van der Waals surface area (Å²) in [4.78, 5) is 18.2. The first-order valence-corrected chi connectivity index (χ1v) is 7.01. The second kappa shape index (κ2) is 4.38. The Kier molecular flexibility index (Phi) is 2.88. The van der Waals surface area contributed by atoms with Gasteiger partial charge in [0.15, 0.2) is 0 Å². The van der Waals surface area contributed by atoms with Gasteiger partial charge in [-0.15, -0.1) is 11.3 Å². The average Bonchev–Trinajstić information content (AvgIpc) is 2.94. The van der Waals surface area contributed by atoms with Crippen molar-refractivity contribution in [2.24, 2.45) is 5.92 Å². The van der Waals surface area contributed by atoms with Gasteiger partial charge in [-0.25, -0.2) is 4.98 Å². The van der Waals surface area contributed by atoms with Gasteiger partial charge in [0.05, 0.1) is 17.7 Å². The molecule has 0 saturated carbocycles. The Hall–Kier alpha value is -0.940. The molecule has 0 spiro atoms. The lowest BCUT2D eigenvalue weighted by molar-refractivity contribution is 0.00852. The summed E-state index contributed by atoms with van der Waals surface area (Å²) >= 11 is 1.47. The SMILES string of the molecule is C[C@H]1C[C@H]2CN(C(=O)c3cscn3)CC[C@@H]2O1. The maximum atomic E-state index is 12.2. The zero-order valence-corrected chi connectivity index (χ0v) is 10.7. The standard InChI is InChI=1S/C12H16N2O2S/c1-8-4-9-5-14(3-2-11(9)16-8)12(15)10-6-17-7-13-10/h6-9,11H,2-5H2,1H3/t8-,9-,11-/m0/s1. The van der Waals surface area contributed by atoms with Crippen LogP contribution in [0.15, 0.2) is 10.9 Å². The van der Waals surface area contributed by atoms with Crippen LogP contribution in [0.2, 0.25) is 0 Å². The topological polar surface area (TPSA) is 42.4 Å². The molecular weight excluding hydrogens is 236 g/mol. The summed E-state index contributed by atoms with van der Waals surface area (Å²) in [5.41, 5.74) is 2.29. The lowest BCUT2D eigenvalue weighted by Crippen LogP contribution is -2.44. The molecule has 3 atom stereocenters. The van der Waals surface area contributed by atoms with E-state index in [0.717, 1.165) is 25.9 Å². The van der Waals surface area contributed by atoms with Crippen molar-refractivity contribution in [1.29, 1.82) is 0 Å². The zero-order chi connectivity index (χ0) is 11.8. The van der Waals surface area contributed by atoms with Crippen molar-refractivity contribution in [3.8, 4) is 0 Å². The van der Waals surface area contributed by atoms with Crippen molar-refractivity contribution in [3.63, 3.8) is 0 Å². The maximum absolute atomic E-state index is 12.2. The lowest BCUT2D eigenvalue weighted by Gasteiger charge is -2.33. The third-order valence-corrected chi connectivity index (χ3v) is 4.23. The van der Waals surface area contributed by atoms with Crippen molar-refractivity contribution in [2.45, 2.75) is 32.0 Å². The Bertz CT molecular complexity index is 407. The summed E-state index contributed by atoms with van der Waals surface area (Å²) in [5.74, 6) is 0.589. The molecule has 1 aromatic rings. The lowest BCUT2D eigenvalue weighted by atomic mass is 9.93. The summed E-state index contributed by atoms with van der Waals surface area (Å²) in [6, 6.07) is 0. The van der Waals surface area contributed by atoms with Crippen LogP contribution < -0.4 is 0 Å². The number of hydrogen-bond acceptors (Lipinski definition) is 4. The molecule has 92 valence electrons. The van der Waals surface area contributed by atoms with Gasteiger partial charge in [0.25, 0.3) is 5.91 Å². The molecule has 3 rings (SSSR count). The number of carbonyl (C=O) groups is 1. The highest BCUT2D eigenvalue weighted by Gasteiger charge is 2.38. The molecule has 4 nitrogen and oxygen atoms in total. The summed E-state index contributed by atoms with van der Waals surface area (Å²) in [5, 5.41) is 1.82. The van der Waals surface area contributed by atoms with Gasteiger partial charge in [-0.1, -0.05) is 0 Å². The number of likely N-dealkylation sites (tertiary alicyclic amines) is 1. The van der Waals surface area contributed by atoms with E-state index in [4.69, 9.17) is 4.74 Å². The molecule has 17 heavy (non-hydrogen) atoms. The highest BCUT2D eigenvalue weighted by atomic mass is 32.1. The van der Waals surface area contributed by atoms with E-state index < -0.39 is 0 Å². The second-order valence-corrected chi connectivity index (χ2v) is 5.61. The first kappa shape index (κ1) is 11.2. The summed E-state index contributed by atoms with van der Waals surface area (Å²) in [7, 11) is 0. The molecule has 0 aromatic carbocycles. The number of ether oxygens (including phenoxy) is 1. The molecular formula is C12H16N2O2S. The van der Waals surface area contributed by atoms with Crippen molar-refractivity contribution in [3.05, 3.63) is 16.6 Å². The Labute approximate surface area is 105 Å². The fourth-order valence-corrected chi connectivity index (χ4v) is 3.39. The fraction of sp³-hybridized carbons (Fsp3) is 0.667. The molecule has 0 bridgehead atoms. The molecule has 3 heterocycles. The molecule has 1 amide bonds. The number of amides is 1. The minimum absolute atomic E-state index is 0.0734. The molecule has 2 aliphatic heterocycles. The Balaban J connectivity index is 1.69. The highest BCUT2D eigenvalue weighted by Crippen LogP contribution is 2.32. The predicted molar refractivity (Wildman–Crippen MR) is 65.1 cm³/mol. The van der Waals surface area contributed by atoms with Crippen LogP contribution >= 0.6 is 11.3 Å². The molecule has 5 heteroatoms. The quantitative estimate of drug-likeness (QED) is 0.765. The molecule has 1 aromatic heterocycles. The van der Waals surface area contributed by atoms with E-state index in [-0.39, 0.29) is 5.91 Å². The molecule has 2 saturated heterocycles. The number of fused-ring (bicyclic) bond motifs is 1. The average molecular weight is 252 g/mol. The number of hydrogen-bond donors (Lipinski definition) is 0. The van der Waals surface area contributed by atoms with Crippen molar-refractivity contribution >= 4 is 17.2 Å². The molecule has 2 fully saturated rings. The third-order valence-electron chi connectivity index (χ3n) is 3.64. The minimum Gasteiger partial charge on any atom is -0.375 e. The Morgan fingerprint density at radius 1 is 1.65 bits per heavy atom. The van der Waals surface area contributed by atoms with Crippen LogP contribution in [-0.2, 0) is 4.74 Å². The molecule has 0 unspecified atom stereocenters. The van der Waals surface area contributed by atoms with E-state index in [0.29, 0.717) is 23.8 Å². The van der Waals surface area contributed by atoms with Gasteiger partial charge in [0.1, 0.15) is 5.69 Å². The van der Waals surface area contributed by atoms with E-state index in [1.807, 2.05) is 10.3 Å². The van der Waals surface area contributed by atoms with Crippen molar-refractivity contribution in [2.75, 3.05) is 13.1 Å². The van der Waals surface area contributed by atoms with Crippen LogP contribution in [0.5, 0.6) is 0 Å². The van der Waals surface area contributed by atoms with Crippen molar-refractivity contribution in [1.82, 2.24) is 9.88 Å². The smallest absolute Gasteiger partial charge is 0.273 e. The number of nitrogens with zero attached hydrogens (tertiary/aromatic N) is 2. The fourth-order valence-electron chi connectivity index (χ4n) is 2.86. The predicted octanol–water partition coefficient (Wildman–Crippen LogP) is 1.78. The van der Waals surface area contributed by atoms with Crippen LogP contribution in [0.4, 0.5) is 0 Å².